The van der Waals surface area contributed by atoms with Gasteiger partial charge in [-0.2, -0.15) is 5.26 Å². The standard InChI is InChI=1S/C16H18N2O/c1-2-5-12-8-14(10-15(19)9-12)18-16-7-4-3-6-13(16)11-17/h3-4,6-7,10,12,18H,2,5,8-9H2,1H3/t12-/m1/s1. The van der Waals surface area contributed by atoms with E-state index >= 15 is 0 Å². The first-order valence-electron chi connectivity index (χ1n) is 6.72. The van der Waals surface area contributed by atoms with Gasteiger partial charge in [-0.25, -0.2) is 0 Å². The molecule has 2 rings (SSSR count). The van der Waals surface area contributed by atoms with E-state index in [2.05, 4.69) is 18.3 Å². The smallest absolute Gasteiger partial charge is 0.157 e. The first kappa shape index (κ1) is 13.4. The molecule has 0 fully saturated rings. The predicted octanol–water partition coefficient (Wildman–Crippen LogP) is 3.63. The van der Waals surface area contributed by atoms with Gasteiger partial charge < -0.3 is 5.32 Å². The summed E-state index contributed by atoms with van der Waals surface area (Å²) in [6.45, 7) is 2.14. The Labute approximate surface area is 113 Å². The number of anilines is 1. The summed E-state index contributed by atoms with van der Waals surface area (Å²) in [6, 6.07) is 9.53. The number of carbonyl (C=O) groups is 1. The molecule has 98 valence electrons. The SMILES string of the molecule is CCC[C@H]1CC(=O)C=C(Nc2ccccc2C#N)C1. The van der Waals surface area contributed by atoms with E-state index in [0.29, 0.717) is 17.9 Å². The number of para-hydroxylation sites is 1. The van der Waals surface area contributed by atoms with E-state index in [0.717, 1.165) is 30.6 Å². The highest BCUT2D eigenvalue weighted by atomic mass is 16.1. The van der Waals surface area contributed by atoms with Gasteiger partial charge in [0.25, 0.3) is 0 Å². The fourth-order valence-corrected chi connectivity index (χ4v) is 2.54. The lowest BCUT2D eigenvalue weighted by atomic mass is 9.88. The van der Waals surface area contributed by atoms with Crippen molar-refractivity contribution in [2.75, 3.05) is 5.32 Å². The summed E-state index contributed by atoms with van der Waals surface area (Å²) in [7, 11) is 0. The summed E-state index contributed by atoms with van der Waals surface area (Å²) in [4.78, 5) is 11.7. The van der Waals surface area contributed by atoms with Gasteiger partial charge in [0.05, 0.1) is 11.3 Å². The van der Waals surface area contributed by atoms with Gasteiger partial charge in [-0.3, -0.25) is 4.79 Å². The molecule has 1 aromatic rings. The maximum Gasteiger partial charge on any atom is 0.157 e. The van der Waals surface area contributed by atoms with E-state index in [9.17, 15) is 4.79 Å². The van der Waals surface area contributed by atoms with Crippen LogP contribution in [0.2, 0.25) is 0 Å². The van der Waals surface area contributed by atoms with Crippen LogP contribution in [0, 0.1) is 17.2 Å². The fourth-order valence-electron chi connectivity index (χ4n) is 2.54. The zero-order chi connectivity index (χ0) is 13.7. The summed E-state index contributed by atoms with van der Waals surface area (Å²) in [5.74, 6) is 0.612. The lowest BCUT2D eigenvalue weighted by Crippen LogP contribution is -2.18. The highest BCUT2D eigenvalue weighted by Crippen LogP contribution is 2.27. The van der Waals surface area contributed by atoms with Gasteiger partial charge >= 0.3 is 0 Å². The van der Waals surface area contributed by atoms with E-state index in [1.165, 1.54) is 0 Å². The van der Waals surface area contributed by atoms with Gasteiger partial charge in [0.1, 0.15) is 6.07 Å². The molecule has 0 amide bonds. The topological polar surface area (TPSA) is 52.9 Å². The minimum atomic E-state index is 0.182. The summed E-state index contributed by atoms with van der Waals surface area (Å²) in [6.07, 6.45) is 5.39. The highest BCUT2D eigenvalue weighted by molar-refractivity contribution is 5.92. The molecule has 0 aromatic heterocycles. The molecule has 0 unspecified atom stereocenters. The summed E-state index contributed by atoms with van der Waals surface area (Å²) in [5, 5.41) is 12.3. The first-order chi connectivity index (χ1) is 9.22. The number of carbonyl (C=O) groups excluding carboxylic acids is 1. The minimum absolute atomic E-state index is 0.182. The quantitative estimate of drug-likeness (QED) is 0.892. The van der Waals surface area contributed by atoms with Crippen molar-refractivity contribution in [2.45, 2.75) is 32.6 Å². The number of rotatable bonds is 4. The van der Waals surface area contributed by atoms with Crippen molar-refractivity contribution in [1.82, 2.24) is 0 Å². The van der Waals surface area contributed by atoms with Crippen LogP contribution in [0.1, 0.15) is 38.2 Å². The highest BCUT2D eigenvalue weighted by Gasteiger charge is 2.20. The molecule has 0 radical (unpaired) electrons. The van der Waals surface area contributed by atoms with E-state index in [1.54, 1.807) is 12.1 Å². The third-order valence-electron chi connectivity index (χ3n) is 3.37. The van der Waals surface area contributed by atoms with Crippen LogP contribution < -0.4 is 5.32 Å². The molecular formula is C16H18N2O. The van der Waals surface area contributed by atoms with Gasteiger partial charge in [0, 0.05) is 18.2 Å². The molecule has 19 heavy (non-hydrogen) atoms. The number of nitrogens with zero attached hydrogens (tertiary/aromatic N) is 1. The molecule has 0 aliphatic heterocycles. The van der Waals surface area contributed by atoms with E-state index in [-0.39, 0.29) is 5.78 Å². The Bertz CT molecular complexity index is 540. The Morgan fingerprint density at radius 2 is 2.16 bits per heavy atom. The zero-order valence-corrected chi connectivity index (χ0v) is 11.1. The van der Waals surface area contributed by atoms with Crippen LogP contribution in [-0.4, -0.2) is 5.78 Å². The Hall–Kier alpha value is -2.08. The van der Waals surface area contributed by atoms with E-state index < -0.39 is 0 Å². The van der Waals surface area contributed by atoms with Crippen LogP contribution in [0.25, 0.3) is 0 Å². The Balaban J connectivity index is 2.14. The van der Waals surface area contributed by atoms with Crippen molar-refractivity contribution < 1.29 is 4.79 Å². The Morgan fingerprint density at radius 3 is 2.89 bits per heavy atom. The predicted molar refractivity (Wildman–Crippen MR) is 75.5 cm³/mol. The molecule has 1 atom stereocenters. The molecule has 0 saturated heterocycles. The second-order valence-electron chi connectivity index (χ2n) is 4.98. The normalized spacial score (nSPS) is 18.6. The molecule has 1 aliphatic carbocycles. The monoisotopic (exact) mass is 254 g/mol. The molecule has 1 aliphatic rings. The maximum absolute atomic E-state index is 11.7. The first-order valence-corrected chi connectivity index (χ1v) is 6.72. The molecule has 1 N–H and O–H groups in total. The fraction of sp³-hybridized carbons (Fsp3) is 0.375. The molecule has 1 aromatic carbocycles. The molecular weight excluding hydrogens is 236 g/mol. The van der Waals surface area contributed by atoms with E-state index in [4.69, 9.17) is 5.26 Å². The van der Waals surface area contributed by atoms with Gasteiger partial charge in [-0.15, -0.1) is 0 Å². The molecule has 3 nitrogen and oxygen atoms in total. The van der Waals surface area contributed by atoms with Crippen LogP contribution in [0.3, 0.4) is 0 Å². The van der Waals surface area contributed by atoms with Gasteiger partial charge in [-0.1, -0.05) is 25.5 Å². The van der Waals surface area contributed by atoms with Crippen LogP contribution in [0.5, 0.6) is 0 Å². The van der Waals surface area contributed by atoms with Crippen molar-refractivity contribution in [3.05, 3.63) is 41.6 Å². The van der Waals surface area contributed by atoms with Crippen LogP contribution in [-0.2, 0) is 4.79 Å². The lowest BCUT2D eigenvalue weighted by Gasteiger charge is -2.22. The summed E-state index contributed by atoms with van der Waals surface area (Å²) in [5.41, 5.74) is 2.31. The molecule has 3 heteroatoms. The molecule has 0 spiro atoms. The second kappa shape index (κ2) is 6.19. The van der Waals surface area contributed by atoms with Crippen molar-refractivity contribution in [3.63, 3.8) is 0 Å². The average molecular weight is 254 g/mol. The number of benzene rings is 1. The van der Waals surface area contributed by atoms with Gasteiger partial charge in [0.2, 0.25) is 0 Å². The minimum Gasteiger partial charge on any atom is -0.358 e. The van der Waals surface area contributed by atoms with Crippen molar-refractivity contribution in [3.8, 4) is 6.07 Å². The zero-order valence-electron chi connectivity index (χ0n) is 11.1. The maximum atomic E-state index is 11.7. The second-order valence-corrected chi connectivity index (χ2v) is 4.98. The van der Waals surface area contributed by atoms with Crippen molar-refractivity contribution in [2.24, 2.45) is 5.92 Å². The number of ketones is 1. The average Bonchev–Trinajstić information content (AvgIpc) is 2.39. The van der Waals surface area contributed by atoms with Crippen LogP contribution in [0.4, 0.5) is 5.69 Å². The van der Waals surface area contributed by atoms with Crippen molar-refractivity contribution >= 4 is 11.5 Å². The molecule has 0 bridgehead atoms. The summed E-state index contributed by atoms with van der Waals surface area (Å²) < 4.78 is 0. The van der Waals surface area contributed by atoms with Crippen LogP contribution >= 0.6 is 0 Å². The lowest BCUT2D eigenvalue weighted by molar-refractivity contribution is -0.116. The van der Waals surface area contributed by atoms with Gasteiger partial charge in [0.15, 0.2) is 5.78 Å². The largest absolute Gasteiger partial charge is 0.358 e. The number of hydrogen-bond donors (Lipinski definition) is 1. The van der Waals surface area contributed by atoms with E-state index in [1.807, 2.05) is 18.2 Å². The molecule has 0 heterocycles. The van der Waals surface area contributed by atoms with Crippen molar-refractivity contribution in [1.29, 1.82) is 5.26 Å². The number of hydrogen-bond acceptors (Lipinski definition) is 3. The number of nitriles is 1. The Kier molecular flexibility index (Phi) is 4.35. The number of allylic oxidation sites excluding steroid dienone is 2. The molecule has 0 saturated carbocycles. The third kappa shape index (κ3) is 3.45. The summed E-state index contributed by atoms with van der Waals surface area (Å²) >= 11 is 0. The van der Waals surface area contributed by atoms with Gasteiger partial charge in [-0.05, 0) is 30.9 Å². The third-order valence-corrected chi connectivity index (χ3v) is 3.37. The number of nitrogens with one attached hydrogen (secondary N) is 1. The van der Waals surface area contributed by atoms with Crippen LogP contribution in [0.15, 0.2) is 36.0 Å². The Morgan fingerprint density at radius 1 is 1.37 bits per heavy atom.